The average Bonchev–Trinajstić information content (AvgIpc) is 2.80. The minimum absolute atomic E-state index is 0.0143. The maximum absolute atomic E-state index is 12.5. The number of thioether (sulfide) groups is 1. The molecule has 0 radical (unpaired) electrons. The van der Waals surface area contributed by atoms with Crippen LogP contribution in [0.4, 0.5) is 0 Å². The van der Waals surface area contributed by atoms with Crippen molar-refractivity contribution in [2.75, 3.05) is 6.54 Å². The number of thiocarbonyl (C=S) groups is 1. The van der Waals surface area contributed by atoms with Gasteiger partial charge in [0, 0.05) is 12.1 Å². The van der Waals surface area contributed by atoms with Crippen LogP contribution in [0.2, 0.25) is 0 Å². The van der Waals surface area contributed by atoms with Gasteiger partial charge in [-0.2, -0.15) is 0 Å². The normalized spacial score (nSPS) is 22.2. The van der Waals surface area contributed by atoms with E-state index in [1.807, 2.05) is 37.3 Å². The van der Waals surface area contributed by atoms with Crippen molar-refractivity contribution in [1.29, 1.82) is 0 Å². The predicted molar refractivity (Wildman–Crippen MR) is 99.4 cm³/mol. The maximum atomic E-state index is 12.5. The topological polar surface area (TPSA) is 29.5 Å². The summed E-state index contributed by atoms with van der Waals surface area (Å²) in [4.78, 5) is 14.9. The summed E-state index contributed by atoms with van der Waals surface area (Å²) >= 11 is 6.73. The molecule has 1 saturated heterocycles. The van der Waals surface area contributed by atoms with Gasteiger partial charge in [0.1, 0.15) is 16.2 Å². The highest BCUT2D eigenvalue weighted by Crippen LogP contribution is 2.35. The molecule has 5 heteroatoms. The van der Waals surface area contributed by atoms with E-state index in [9.17, 15) is 4.79 Å². The van der Waals surface area contributed by atoms with Crippen molar-refractivity contribution in [3.05, 3.63) is 46.4 Å². The first-order valence-electron chi connectivity index (χ1n) is 7.82. The van der Waals surface area contributed by atoms with Crippen molar-refractivity contribution in [2.45, 2.75) is 32.8 Å². The van der Waals surface area contributed by atoms with Crippen LogP contribution in [0.15, 0.2) is 40.8 Å². The summed E-state index contributed by atoms with van der Waals surface area (Å²) in [6.07, 6.45) is 5.94. The molecule has 1 aromatic rings. The smallest absolute Gasteiger partial charge is 0.266 e. The fourth-order valence-electron chi connectivity index (χ4n) is 2.58. The van der Waals surface area contributed by atoms with Gasteiger partial charge in [-0.25, -0.2) is 0 Å². The van der Waals surface area contributed by atoms with Gasteiger partial charge in [-0.15, -0.1) is 0 Å². The standard InChI is InChI=1S/C18H19NO2S2/c1-3-4-9-19-17(20)16(23-18(19)22)11-14-10-13-7-5-6-8-15(13)21-12(14)2/h5-8,10-12H,3-4,9H2,1-2H3/b16-11-/t12-/m1/s1. The number of amides is 1. The van der Waals surface area contributed by atoms with Gasteiger partial charge in [0.15, 0.2) is 0 Å². The van der Waals surface area contributed by atoms with Crippen LogP contribution in [-0.2, 0) is 4.79 Å². The third-order valence-corrected chi connectivity index (χ3v) is 5.30. The van der Waals surface area contributed by atoms with Crippen LogP contribution in [0.1, 0.15) is 32.3 Å². The lowest BCUT2D eigenvalue weighted by Crippen LogP contribution is -2.29. The van der Waals surface area contributed by atoms with E-state index < -0.39 is 0 Å². The third-order valence-electron chi connectivity index (χ3n) is 3.92. The molecule has 0 spiro atoms. The minimum atomic E-state index is -0.0796. The van der Waals surface area contributed by atoms with E-state index in [-0.39, 0.29) is 12.0 Å². The lowest BCUT2D eigenvalue weighted by atomic mass is 10.0. The molecular formula is C18H19NO2S2. The van der Waals surface area contributed by atoms with Crippen LogP contribution in [0.5, 0.6) is 5.75 Å². The Balaban J connectivity index is 1.86. The molecule has 0 aromatic heterocycles. The van der Waals surface area contributed by atoms with Crippen molar-refractivity contribution in [3.63, 3.8) is 0 Å². The van der Waals surface area contributed by atoms with E-state index in [0.717, 1.165) is 29.7 Å². The second-order valence-corrected chi connectivity index (χ2v) is 7.30. The first-order chi connectivity index (χ1) is 11.1. The van der Waals surface area contributed by atoms with Crippen molar-refractivity contribution in [3.8, 4) is 5.75 Å². The molecule has 0 saturated carbocycles. The van der Waals surface area contributed by atoms with Crippen molar-refractivity contribution >= 4 is 40.3 Å². The summed E-state index contributed by atoms with van der Waals surface area (Å²) < 4.78 is 6.58. The first kappa shape index (κ1) is 16.3. The van der Waals surface area contributed by atoms with Gasteiger partial charge >= 0.3 is 0 Å². The lowest BCUT2D eigenvalue weighted by Gasteiger charge is -2.23. The maximum Gasteiger partial charge on any atom is 0.266 e. The Morgan fingerprint density at radius 2 is 2.17 bits per heavy atom. The van der Waals surface area contributed by atoms with Gasteiger partial charge in [0.05, 0.1) is 4.91 Å². The van der Waals surface area contributed by atoms with Crippen LogP contribution in [0.3, 0.4) is 0 Å². The van der Waals surface area contributed by atoms with Gasteiger partial charge in [0.2, 0.25) is 0 Å². The first-order valence-corrected chi connectivity index (χ1v) is 9.05. The van der Waals surface area contributed by atoms with Gasteiger partial charge in [-0.3, -0.25) is 9.69 Å². The second-order valence-electron chi connectivity index (χ2n) is 5.63. The second kappa shape index (κ2) is 6.89. The largest absolute Gasteiger partial charge is 0.485 e. The molecule has 0 unspecified atom stereocenters. The zero-order valence-electron chi connectivity index (χ0n) is 13.2. The molecule has 1 atom stereocenters. The minimum Gasteiger partial charge on any atom is -0.485 e. The summed E-state index contributed by atoms with van der Waals surface area (Å²) in [5, 5.41) is 0. The molecule has 0 bridgehead atoms. The summed E-state index contributed by atoms with van der Waals surface area (Å²) in [6.45, 7) is 4.80. The van der Waals surface area contributed by atoms with E-state index >= 15 is 0 Å². The molecular weight excluding hydrogens is 326 g/mol. The summed E-state index contributed by atoms with van der Waals surface area (Å²) in [7, 11) is 0. The van der Waals surface area contributed by atoms with Crippen molar-refractivity contribution in [1.82, 2.24) is 4.90 Å². The highest BCUT2D eigenvalue weighted by molar-refractivity contribution is 8.26. The van der Waals surface area contributed by atoms with Crippen LogP contribution >= 0.6 is 24.0 Å². The van der Waals surface area contributed by atoms with E-state index in [4.69, 9.17) is 17.0 Å². The van der Waals surface area contributed by atoms with E-state index in [2.05, 4.69) is 13.0 Å². The molecule has 2 heterocycles. The molecule has 0 N–H and O–H groups in total. The SMILES string of the molecule is CCCCN1C(=O)/C(=C/C2=Cc3ccccc3O[C@@H]2C)SC1=S. The zero-order valence-corrected chi connectivity index (χ0v) is 14.9. The van der Waals surface area contributed by atoms with Crippen LogP contribution in [0.25, 0.3) is 6.08 Å². The molecule has 2 aliphatic rings. The van der Waals surface area contributed by atoms with Gasteiger partial charge < -0.3 is 4.74 Å². The van der Waals surface area contributed by atoms with Crippen molar-refractivity contribution in [2.24, 2.45) is 0 Å². The highest BCUT2D eigenvalue weighted by Gasteiger charge is 2.32. The molecule has 2 aliphatic heterocycles. The average molecular weight is 345 g/mol. The van der Waals surface area contributed by atoms with E-state index in [1.54, 1.807) is 4.90 Å². The number of para-hydroxylation sites is 1. The van der Waals surface area contributed by atoms with Gasteiger partial charge in [-0.05, 0) is 37.1 Å². The summed E-state index contributed by atoms with van der Waals surface area (Å²) in [6, 6.07) is 7.92. The zero-order chi connectivity index (χ0) is 16.4. The molecule has 23 heavy (non-hydrogen) atoms. The van der Waals surface area contributed by atoms with Crippen LogP contribution < -0.4 is 4.74 Å². The Morgan fingerprint density at radius 3 is 2.96 bits per heavy atom. The van der Waals surface area contributed by atoms with Crippen molar-refractivity contribution < 1.29 is 9.53 Å². The Morgan fingerprint density at radius 1 is 1.39 bits per heavy atom. The Kier molecular flexibility index (Phi) is 4.87. The third kappa shape index (κ3) is 3.35. The number of unbranched alkanes of at least 4 members (excludes halogenated alkanes) is 1. The molecule has 1 aromatic carbocycles. The van der Waals surface area contributed by atoms with Gasteiger partial charge in [0.25, 0.3) is 5.91 Å². The Bertz CT molecular complexity index is 709. The van der Waals surface area contributed by atoms with Gasteiger partial charge in [-0.1, -0.05) is 55.5 Å². The fraction of sp³-hybridized carbons (Fsp3) is 0.333. The number of carbonyl (C=O) groups is 1. The summed E-state index contributed by atoms with van der Waals surface area (Å²) in [5.41, 5.74) is 2.04. The monoisotopic (exact) mass is 345 g/mol. The van der Waals surface area contributed by atoms with Crippen LogP contribution in [-0.4, -0.2) is 27.8 Å². The number of fused-ring (bicyclic) bond motifs is 1. The Labute approximate surface area is 146 Å². The highest BCUT2D eigenvalue weighted by atomic mass is 32.2. The quantitative estimate of drug-likeness (QED) is 0.598. The molecule has 0 aliphatic carbocycles. The molecule has 120 valence electrons. The molecule has 3 nitrogen and oxygen atoms in total. The molecule has 3 rings (SSSR count). The number of nitrogens with zero attached hydrogens (tertiary/aromatic N) is 1. The number of benzene rings is 1. The summed E-state index contributed by atoms with van der Waals surface area (Å²) in [5.74, 6) is 0.896. The number of ether oxygens (including phenoxy) is 1. The lowest BCUT2D eigenvalue weighted by molar-refractivity contribution is -0.122. The molecule has 1 amide bonds. The predicted octanol–water partition coefficient (Wildman–Crippen LogP) is 4.40. The molecule has 1 fully saturated rings. The van der Waals surface area contributed by atoms with Crippen LogP contribution in [0, 0.1) is 0 Å². The number of carbonyl (C=O) groups excluding carboxylic acids is 1. The van der Waals surface area contributed by atoms with E-state index in [0.29, 0.717) is 15.8 Å². The fourth-order valence-corrected chi connectivity index (χ4v) is 3.89. The number of hydrogen-bond donors (Lipinski definition) is 0. The number of hydrogen-bond acceptors (Lipinski definition) is 4. The van der Waals surface area contributed by atoms with E-state index in [1.165, 1.54) is 11.8 Å². The number of rotatable bonds is 4. The Hall–Kier alpha value is -1.59.